The van der Waals surface area contributed by atoms with Crippen molar-refractivity contribution in [1.29, 1.82) is 0 Å². The van der Waals surface area contributed by atoms with Crippen molar-refractivity contribution >= 4 is 17.9 Å². The Kier molecular flexibility index (Phi) is 14.6. The van der Waals surface area contributed by atoms with Crippen LogP contribution in [0.3, 0.4) is 0 Å². The van der Waals surface area contributed by atoms with Crippen LogP contribution in [0.2, 0.25) is 0 Å². The van der Waals surface area contributed by atoms with Gasteiger partial charge in [0.25, 0.3) is 0 Å². The number of nitrogens with zero attached hydrogens (tertiary/aromatic N) is 2. The van der Waals surface area contributed by atoms with Crippen molar-refractivity contribution in [3.8, 4) is 11.1 Å². The topological polar surface area (TPSA) is 46.4 Å². The molecule has 1 N–H and O–H groups in total. The lowest BCUT2D eigenvalue weighted by molar-refractivity contribution is -0.105. The van der Waals surface area contributed by atoms with Crippen LogP contribution in [0.25, 0.3) is 16.8 Å². The monoisotopic (exact) mass is 433 g/mol. The third-order valence-electron chi connectivity index (χ3n) is 3.74. The second-order valence-electron chi connectivity index (χ2n) is 6.37. The number of nitrogens with one attached hydrogen (secondary N) is 1. The summed E-state index contributed by atoms with van der Waals surface area (Å²) in [6.45, 7) is 14.0. The van der Waals surface area contributed by atoms with E-state index < -0.39 is 6.17 Å². The second kappa shape index (κ2) is 16.0. The molecule has 1 aliphatic rings. The largest absolute Gasteiger partial charge is 0.312 e. The van der Waals surface area contributed by atoms with Crippen molar-refractivity contribution in [1.82, 2.24) is 9.38 Å². The Morgan fingerprint density at radius 3 is 2.19 bits per heavy atom. The number of amides is 1. The molecule has 4 rings (SSSR count). The SMILES string of the molecule is CC.CC.CCC.Cc1c(F)cccc1-c1ccc2nc(NC=O)cn2c1.FC1CC1. The van der Waals surface area contributed by atoms with Gasteiger partial charge in [0.15, 0.2) is 5.82 Å². The first-order valence-electron chi connectivity index (χ1n) is 11.1. The van der Waals surface area contributed by atoms with Gasteiger partial charge in [-0.2, -0.15) is 0 Å². The van der Waals surface area contributed by atoms with Gasteiger partial charge in [-0.3, -0.25) is 4.79 Å². The Morgan fingerprint density at radius 2 is 1.68 bits per heavy atom. The maximum Gasteiger partial charge on any atom is 0.212 e. The van der Waals surface area contributed by atoms with Gasteiger partial charge in [-0.25, -0.2) is 13.8 Å². The summed E-state index contributed by atoms with van der Waals surface area (Å²) < 4.78 is 26.5. The fourth-order valence-electron chi connectivity index (χ4n) is 2.26. The highest BCUT2D eigenvalue weighted by Crippen LogP contribution is 2.26. The Hall–Kier alpha value is -2.76. The van der Waals surface area contributed by atoms with E-state index in [-0.39, 0.29) is 5.82 Å². The van der Waals surface area contributed by atoms with Gasteiger partial charge >= 0.3 is 0 Å². The first-order valence-corrected chi connectivity index (χ1v) is 11.1. The van der Waals surface area contributed by atoms with E-state index >= 15 is 0 Å². The average Bonchev–Trinajstić information content (AvgIpc) is 3.46. The molecule has 1 amide bonds. The highest BCUT2D eigenvalue weighted by atomic mass is 19.1. The Labute approximate surface area is 185 Å². The van der Waals surface area contributed by atoms with E-state index in [9.17, 15) is 13.6 Å². The highest BCUT2D eigenvalue weighted by molar-refractivity contribution is 5.72. The molecule has 6 heteroatoms. The molecule has 0 unspecified atom stereocenters. The summed E-state index contributed by atoms with van der Waals surface area (Å²) in [6, 6.07) is 8.72. The number of pyridine rings is 1. The minimum atomic E-state index is -0.417. The summed E-state index contributed by atoms with van der Waals surface area (Å²) in [6.07, 6.45) is 6.63. The van der Waals surface area contributed by atoms with E-state index in [1.165, 1.54) is 12.5 Å². The first kappa shape index (κ1) is 28.2. The Bertz CT molecular complexity index is 890. The second-order valence-corrected chi connectivity index (χ2v) is 6.37. The van der Waals surface area contributed by atoms with Crippen molar-refractivity contribution in [3.05, 3.63) is 54.1 Å². The minimum absolute atomic E-state index is 0.225. The van der Waals surface area contributed by atoms with Crippen molar-refractivity contribution in [3.63, 3.8) is 0 Å². The third kappa shape index (κ3) is 9.73. The molecule has 0 spiro atoms. The van der Waals surface area contributed by atoms with E-state index in [4.69, 9.17) is 0 Å². The maximum atomic E-state index is 13.6. The third-order valence-corrected chi connectivity index (χ3v) is 3.74. The molecule has 1 saturated carbocycles. The van der Waals surface area contributed by atoms with E-state index in [0.29, 0.717) is 23.4 Å². The molecule has 1 aliphatic carbocycles. The van der Waals surface area contributed by atoms with Gasteiger partial charge in [-0.15, -0.1) is 0 Å². The molecule has 172 valence electrons. The van der Waals surface area contributed by atoms with Crippen molar-refractivity contribution < 1.29 is 13.6 Å². The predicted molar refractivity (Wildman–Crippen MR) is 128 cm³/mol. The molecule has 2 heterocycles. The number of carbonyl (C=O) groups excluding carboxylic acids is 1. The number of carbonyl (C=O) groups is 1. The lowest BCUT2D eigenvalue weighted by atomic mass is 10.0. The quantitative estimate of drug-likeness (QED) is 0.432. The van der Waals surface area contributed by atoms with E-state index in [1.807, 2.05) is 52.1 Å². The predicted octanol–water partition coefficient (Wildman–Crippen LogP) is 7.60. The molecule has 0 saturated heterocycles. The summed E-state index contributed by atoms with van der Waals surface area (Å²) in [5.74, 6) is 0.254. The molecule has 0 bridgehead atoms. The smallest absolute Gasteiger partial charge is 0.212 e. The van der Waals surface area contributed by atoms with E-state index in [0.717, 1.165) is 24.0 Å². The standard InChI is InChI=1S/C15H12FN3O.C3H5F.C3H8.2C2H6/c1-10-12(3-2-4-13(10)16)11-5-6-15-18-14(17-9-20)8-19(15)7-11;4-3-1-2-3;1-3-2;2*1-2/h2-9H,1H3,(H,17,20);3H,1-2H2;3H2,1-2H3;2*1-2H3. The summed E-state index contributed by atoms with van der Waals surface area (Å²) in [4.78, 5) is 14.6. The van der Waals surface area contributed by atoms with Crippen LogP contribution in [0.1, 0.15) is 66.4 Å². The van der Waals surface area contributed by atoms with Gasteiger partial charge in [0.05, 0.1) is 6.20 Å². The molecule has 1 fully saturated rings. The van der Waals surface area contributed by atoms with Crippen molar-refractivity contribution in [2.24, 2.45) is 0 Å². The number of hydrogen-bond acceptors (Lipinski definition) is 2. The average molecular weight is 434 g/mol. The molecule has 31 heavy (non-hydrogen) atoms. The van der Waals surface area contributed by atoms with E-state index in [1.54, 1.807) is 23.6 Å². The normalized spacial score (nSPS) is 11.3. The highest BCUT2D eigenvalue weighted by Gasteiger charge is 2.18. The molecule has 0 atom stereocenters. The van der Waals surface area contributed by atoms with Crippen LogP contribution in [0, 0.1) is 12.7 Å². The van der Waals surface area contributed by atoms with Crippen LogP contribution in [-0.4, -0.2) is 22.0 Å². The number of benzene rings is 1. The number of fused-ring (bicyclic) bond motifs is 1. The zero-order chi connectivity index (χ0) is 23.8. The summed E-state index contributed by atoms with van der Waals surface area (Å²) >= 11 is 0. The Balaban J connectivity index is 0.000000687. The number of rotatable bonds is 3. The lowest BCUT2D eigenvalue weighted by Crippen LogP contribution is -1.92. The minimum Gasteiger partial charge on any atom is -0.312 e. The Morgan fingerprint density at radius 1 is 1.10 bits per heavy atom. The van der Waals surface area contributed by atoms with Crippen LogP contribution >= 0.6 is 0 Å². The number of imidazole rings is 1. The lowest BCUT2D eigenvalue weighted by Gasteiger charge is -2.07. The number of alkyl halides is 1. The fourth-order valence-corrected chi connectivity index (χ4v) is 2.26. The van der Waals surface area contributed by atoms with E-state index in [2.05, 4.69) is 24.1 Å². The van der Waals surface area contributed by atoms with Crippen LogP contribution < -0.4 is 5.32 Å². The van der Waals surface area contributed by atoms with Gasteiger partial charge < -0.3 is 9.72 Å². The number of aromatic nitrogens is 2. The summed E-state index contributed by atoms with van der Waals surface area (Å²) in [5.41, 5.74) is 3.06. The van der Waals surface area contributed by atoms with Crippen LogP contribution in [0.4, 0.5) is 14.6 Å². The summed E-state index contributed by atoms with van der Waals surface area (Å²) in [7, 11) is 0. The van der Waals surface area contributed by atoms with Crippen molar-refractivity contribution in [2.45, 2.75) is 73.9 Å². The molecule has 1 aromatic carbocycles. The van der Waals surface area contributed by atoms with Crippen LogP contribution in [-0.2, 0) is 4.79 Å². The van der Waals surface area contributed by atoms with Crippen LogP contribution in [0.15, 0.2) is 42.7 Å². The maximum absolute atomic E-state index is 13.6. The van der Waals surface area contributed by atoms with Gasteiger partial charge in [-0.1, -0.05) is 60.1 Å². The van der Waals surface area contributed by atoms with Gasteiger partial charge in [-0.05, 0) is 54.7 Å². The molecule has 4 nitrogen and oxygen atoms in total. The summed E-state index contributed by atoms with van der Waals surface area (Å²) in [5, 5.41) is 2.50. The molecule has 3 aromatic rings. The van der Waals surface area contributed by atoms with Gasteiger partial charge in [0, 0.05) is 6.20 Å². The molecular weight excluding hydrogens is 396 g/mol. The zero-order valence-corrected chi connectivity index (χ0v) is 19.9. The molecule has 0 radical (unpaired) electrons. The number of halogens is 2. The molecule has 0 aliphatic heterocycles. The molecule has 2 aromatic heterocycles. The fraction of sp³-hybridized carbons (Fsp3) is 0.440. The number of anilines is 1. The first-order chi connectivity index (χ1) is 15.0. The van der Waals surface area contributed by atoms with Crippen molar-refractivity contribution in [2.75, 3.05) is 5.32 Å². The van der Waals surface area contributed by atoms with Gasteiger partial charge in [0.2, 0.25) is 6.41 Å². The van der Waals surface area contributed by atoms with Crippen LogP contribution in [0.5, 0.6) is 0 Å². The number of hydrogen-bond donors (Lipinski definition) is 1. The molecular formula is C25H37F2N3O. The van der Waals surface area contributed by atoms with Gasteiger partial charge in [0.1, 0.15) is 17.6 Å². The zero-order valence-electron chi connectivity index (χ0n) is 19.9.